The molecule has 3 rings (SSSR count). The van der Waals surface area contributed by atoms with Crippen LogP contribution in [0.25, 0.3) is 11.3 Å². The summed E-state index contributed by atoms with van der Waals surface area (Å²) >= 11 is 8.72. The second-order valence-corrected chi connectivity index (χ2v) is 10.8. The fraction of sp³-hybridized carbons (Fsp3) is 0.158. The number of hydrogen-bond acceptors (Lipinski definition) is 6. The van der Waals surface area contributed by atoms with Crippen molar-refractivity contribution in [2.75, 3.05) is 25.2 Å². The number of hydrogen-bond donors (Lipinski definition) is 1. The second-order valence-electron chi connectivity index (χ2n) is 6.15. The van der Waals surface area contributed by atoms with Gasteiger partial charge in [-0.3, -0.25) is 4.79 Å². The highest BCUT2D eigenvalue weighted by Crippen LogP contribution is 2.29. The van der Waals surface area contributed by atoms with Crippen LogP contribution in [0.4, 0.5) is 5.69 Å². The number of nitrogens with one attached hydrogen (secondary N) is 1. The highest BCUT2D eigenvalue weighted by Gasteiger charge is 2.17. The predicted octanol–water partition coefficient (Wildman–Crippen LogP) is 4.44. The summed E-state index contributed by atoms with van der Waals surface area (Å²) in [6.45, 7) is 0. The standard InChI is InChI=1S/C19H18ClN3O3S3/c1-23(2)29(25,26)16-9-7-15(8-10-16)21-18(24)12-28-19-22-17(11-27-19)13-3-5-14(20)6-4-13/h3-11H,12H2,1-2H3,(H,21,24). The van der Waals surface area contributed by atoms with Crippen molar-refractivity contribution in [3.8, 4) is 11.3 Å². The van der Waals surface area contributed by atoms with Crippen LogP contribution in [0.3, 0.4) is 0 Å². The number of amides is 1. The number of benzene rings is 2. The van der Waals surface area contributed by atoms with E-state index >= 15 is 0 Å². The van der Waals surface area contributed by atoms with Crippen molar-refractivity contribution >= 4 is 56.3 Å². The molecular weight excluding hydrogens is 450 g/mol. The van der Waals surface area contributed by atoms with Gasteiger partial charge in [0.15, 0.2) is 4.34 Å². The van der Waals surface area contributed by atoms with Gasteiger partial charge in [-0.25, -0.2) is 17.7 Å². The zero-order valence-electron chi connectivity index (χ0n) is 15.6. The van der Waals surface area contributed by atoms with Crippen molar-refractivity contribution in [2.45, 2.75) is 9.24 Å². The van der Waals surface area contributed by atoms with Crippen LogP contribution in [0.2, 0.25) is 5.02 Å². The summed E-state index contributed by atoms with van der Waals surface area (Å²) in [6, 6.07) is 13.5. The van der Waals surface area contributed by atoms with Gasteiger partial charge in [0.25, 0.3) is 0 Å². The molecule has 1 amide bonds. The number of nitrogens with zero attached hydrogens (tertiary/aromatic N) is 2. The summed E-state index contributed by atoms with van der Waals surface area (Å²) in [5, 5.41) is 5.37. The smallest absolute Gasteiger partial charge is 0.242 e. The Morgan fingerprint density at radius 3 is 2.41 bits per heavy atom. The van der Waals surface area contributed by atoms with E-state index in [4.69, 9.17) is 11.6 Å². The van der Waals surface area contributed by atoms with Gasteiger partial charge in [-0.2, -0.15) is 0 Å². The van der Waals surface area contributed by atoms with Crippen LogP contribution in [0.15, 0.2) is 63.1 Å². The molecule has 0 radical (unpaired) electrons. The Kier molecular flexibility index (Phi) is 6.97. The van der Waals surface area contributed by atoms with Crippen LogP contribution < -0.4 is 5.32 Å². The number of rotatable bonds is 7. The Hall–Kier alpha value is -1.91. The molecule has 0 aliphatic rings. The summed E-state index contributed by atoms with van der Waals surface area (Å²) in [6.07, 6.45) is 0. The largest absolute Gasteiger partial charge is 0.325 e. The quantitative estimate of drug-likeness (QED) is 0.519. The van der Waals surface area contributed by atoms with Crippen molar-refractivity contribution in [1.29, 1.82) is 0 Å². The summed E-state index contributed by atoms with van der Waals surface area (Å²) < 4.78 is 26.1. The van der Waals surface area contributed by atoms with Crippen LogP contribution in [0.5, 0.6) is 0 Å². The molecular formula is C19H18ClN3O3S3. The van der Waals surface area contributed by atoms with Gasteiger partial charge in [0.05, 0.1) is 16.3 Å². The van der Waals surface area contributed by atoms with Gasteiger partial charge in [0.1, 0.15) is 0 Å². The van der Waals surface area contributed by atoms with Gasteiger partial charge >= 0.3 is 0 Å². The maximum Gasteiger partial charge on any atom is 0.242 e. The Morgan fingerprint density at radius 2 is 1.79 bits per heavy atom. The highest BCUT2D eigenvalue weighted by molar-refractivity contribution is 8.01. The molecule has 0 saturated heterocycles. The maximum atomic E-state index is 12.2. The van der Waals surface area contributed by atoms with Crippen LogP contribution >= 0.6 is 34.7 Å². The molecule has 0 spiro atoms. The Labute approximate surface area is 183 Å². The van der Waals surface area contributed by atoms with Gasteiger partial charge in [-0.05, 0) is 36.4 Å². The molecule has 0 bridgehead atoms. The third kappa shape index (κ3) is 5.58. The summed E-state index contributed by atoms with van der Waals surface area (Å²) in [4.78, 5) is 16.9. The van der Waals surface area contributed by atoms with Gasteiger partial charge in [0.2, 0.25) is 15.9 Å². The van der Waals surface area contributed by atoms with E-state index in [1.807, 2.05) is 29.6 Å². The summed E-state index contributed by atoms with van der Waals surface area (Å²) in [7, 11) is -0.546. The molecule has 0 aliphatic heterocycles. The molecule has 152 valence electrons. The molecule has 2 aromatic carbocycles. The first-order chi connectivity index (χ1) is 13.8. The molecule has 0 atom stereocenters. The van der Waals surface area contributed by atoms with Gasteiger partial charge < -0.3 is 5.32 Å². The van der Waals surface area contributed by atoms with E-state index in [1.54, 1.807) is 12.1 Å². The lowest BCUT2D eigenvalue weighted by Crippen LogP contribution is -2.22. The number of carbonyl (C=O) groups is 1. The predicted molar refractivity (Wildman–Crippen MR) is 119 cm³/mol. The lowest BCUT2D eigenvalue weighted by atomic mass is 10.2. The molecule has 3 aromatic rings. The average Bonchev–Trinajstić information content (AvgIpc) is 3.16. The third-order valence-electron chi connectivity index (χ3n) is 3.87. The van der Waals surface area contributed by atoms with Crippen molar-refractivity contribution in [2.24, 2.45) is 0 Å². The third-order valence-corrected chi connectivity index (χ3v) is 7.97. The molecule has 0 fully saturated rings. The van der Waals surface area contributed by atoms with Crippen molar-refractivity contribution < 1.29 is 13.2 Å². The lowest BCUT2D eigenvalue weighted by molar-refractivity contribution is -0.113. The summed E-state index contributed by atoms with van der Waals surface area (Å²) in [5.74, 6) is 0.00663. The van der Waals surface area contributed by atoms with E-state index in [9.17, 15) is 13.2 Å². The van der Waals surface area contributed by atoms with Crippen molar-refractivity contribution in [3.63, 3.8) is 0 Å². The number of thioether (sulfide) groups is 1. The van der Waals surface area contributed by atoms with Crippen LogP contribution in [-0.4, -0.2) is 43.5 Å². The molecule has 1 aromatic heterocycles. The number of carbonyl (C=O) groups excluding carboxylic acids is 1. The van der Waals surface area contributed by atoms with Crippen LogP contribution in [0, 0.1) is 0 Å². The maximum absolute atomic E-state index is 12.2. The van der Waals surface area contributed by atoms with E-state index < -0.39 is 10.0 Å². The topological polar surface area (TPSA) is 79.4 Å². The monoisotopic (exact) mass is 467 g/mol. The first kappa shape index (κ1) is 21.8. The Morgan fingerprint density at radius 1 is 1.14 bits per heavy atom. The highest BCUT2D eigenvalue weighted by atomic mass is 35.5. The first-order valence-corrected chi connectivity index (χ1v) is 12.1. The van der Waals surface area contributed by atoms with Crippen LogP contribution in [0.1, 0.15) is 0 Å². The van der Waals surface area contributed by atoms with Crippen LogP contribution in [-0.2, 0) is 14.8 Å². The molecule has 1 N–H and O–H groups in total. The normalized spacial score (nSPS) is 11.6. The van der Waals surface area contributed by atoms with Crippen molar-refractivity contribution in [1.82, 2.24) is 9.29 Å². The molecule has 29 heavy (non-hydrogen) atoms. The Balaban J connectivity index is 1.56. The fourth-order valence-electron chi connectivity index (χ4n) is 2.32. The van der Waals surface area contributed by atoms with E-state index in [0.29, 0.717) is 10.7 Å². The fourth-order valence-corrected chi connectivity index (χ4v) is 4.99. The zero-order valence-corrected chi connectivity index (χ0v) is 18.8. The minimum Gasteiger partial charge on any atom is -0.325 e. The van der Waals surface area contributed by atoms with Gasteiger partial charge in [-0.15, -0.1) is 11.3 Å². The summed E-state index contributed by atoms with van der Waals surface area (Å²) in [5.41, 5.74) is 2.34. The minimum absolute atomic E-state index is 0.174. The first-order valence-electron chi connectivity index (χ1n) is 8.42. The average molecular weight is 468 g/mol. The van der Waals surface area contributed by atoms with Gasteiger partial charge in [0, 0.05) is 35.7 Å². The SMILES string of the molecule is CN(C)S(=O)(=O)c1ccc(NC(=O)CSc2nc(-c3ccc(Cl)cc3)cs2)cc1. The number of sulfonamides is 1. The van der Waals surface area contributed by atoms with E-state index in [1.165, 1.54) is 49.3 Å². The molecule has 6 nitrogen and oxygen atoms in total. The number of aromatic nitrogens is 1. The number of thiazole rings is 1. The lowest BCUT2D eigenvalue weighted by Gasteiger charge is -2.11. The number of halogens is 1. The minimum atomic E-state index is -3.49. The molecule has 0 aliphatic carbocycles. The zero-order chi connectivity index (χ0) is 21.0. The van der Waals surface area contributed by atoms with Crippen molar-refractivity contribution in [3.05, 3.63) is 58.9 Å². The molecule has 0 unspecified atom stereocenters. The second kappa shape index (κ2) is 9.27. The Bertz CT molecular complexity index is 1100. The number of anilines is 1. The van der Waals surface area contributed by atoms with Gasteiger partial charge in [-0.1, -0.05) is 35.5 Å². The van der Waals surface area contributed by atoms with E-state index in [0.717, 1.165) is 19.9 Å². The van der Waals surface area contributed by atoms with E-state index in [-0.39, 0.29) is 16.6 Å². The van der Waals surface area contributed by atoms with E-state index in [2.05, 4.69) is 10.3 Å². The molecule has 0 saturated carbocycles. The molecule has 10 heteroatoms. The molecule has 1 heterocycles.